The Hall–Kier alpha value is -9.46. The normalized spacial score (nSPS) is 16.1. The number of imidazole rings is 2. The van der Waals surface area contributed by atoms with Crippen molar-refractivity contribution in [3.05, 3.63) is 261 Å². The van der Waals surface area contributed by atoms with E-state index in [4.69, 9.17) is 20.1 Å². The largest absolute Gasteiger partial charge is 0.512 e. The van der Waals surface area contributed by atoms with E-state index in [0.717, 1.165) is 58.9 Å². The van der Waals surface area contributed by atoms with E-state index in [9.17, 15) is 4.79 Å². The van der Waals surface area contributed by atoms with Gasteiger partial charge in [-0.05, 0) is 139 Å². The number of rotatable bonds is 4. The Balaban J connectivity index is 0.000000114. The van der Waals surface area contributed by atoms with E-state index in [0.29, 0.717) is 24.2 Å². The van der Waals surface area contributed by atoms with Crippen LogP contribution in [0, 0.1) is 25.3 Å². The van der Waals surface area contributed by atoms with Crippen LogP contribution in [-0.2, 0) is 55.4 Å². The maximum Gasteiger partial charge on any atom is 0.294 e. The van der Waals surface area contributed by atoms with Crippen LogP contribution in [0.25, 0.3) is 77.1 Å². The molecular weight excluding hydrogens is 1450 g/mol. The molecular formula is C88H92IrN10O2S. The Morgan fingerprint density at radius 2 is 1.34 bits per heavy atom. The number of ketones is 1. The van der Waals surface area contributed by atoms with Gasteiger partial charge in [0.25, 0.3) is 5.82 Å². The number of thiophene rings is 1. The number of aliphatic hydroxyl groups is 1. The molecule has 102 heavy (non-hydrogen) atoms. The number of hydrogen-bond acceptors (Lipinski definition) is 10. The summed E-state index contributed by atoms with van der Waals surface area (Å²) in [4.78, 5) is 34.6. The summed E-state index contributed by atoms with van der Waals surface area (Å²) in [5.41, 5.74) is 27.0. The summed E-state index contributed by atoms with van der Waals surface area (Å²) in [5, 5.41) is 12.0. The number of aliphatic hydroxyl groups excluding tert-OH is 1. The fourth-order valence-corrected chi connectivity index (χ4v) is 16.9. The third kappa shape index (κ3) is 12.1. The zero-order chi connectivity index (χ0) is 71.0. The predicted molar refractivity (Wildman–Crippen MR) is 417 cm³/mol. The van der Waals surface area contributed by atoms with E-state index in [1.54, 1.807) is 0 Å². The molecule has 0 amide bonds. The first-order chi connectivity index (χ1) is 48.1. The summed E-state index contributed by atoms with van der Waals surface area (Å²) in [7, 11) is 0. The molecule has 5 aromatic heterocycles. The summed E-state index contributed by atoms with van der Waals surface area (Å²) >= 11 is 1.91. The average Bonchev–Trinajstić information content (AvgIpc) is 1.53. The Bertz CT molecular complexity index is 5470. The topological polar surface area (TPSA) is 102 Å². The van der Waals surface area contributed by atoms with Crippen molar-refractivity contribution < 1.29 is 34.6 Å². The van der Waals surface area contributed by atoms with Crippen molar-refractivity contribution >= 4 is 88.5 Å². The van der Waals surface area contributed by atoms with Gasteiger partial charge in [0, 0.05) is 122 Å². The molecule has 12 nitrogen and oxygen atoms in total. The zero-order valence-electron chi connectivity index (χ0n) is 61.8. The summed E-state index contributed by atoms with van der Waals surface area (Å²) in [6.07, 6.45) is 17.6. The molecule has 0 saturated carbocycles. The first-order valence-corrected chi connectivity index (χ1v) is 36.5. The molecule has 1 radical (unpaired) electrons. The molecule has 12 aromatic rings. The molecule has 2 atom stereocenters. The van der Waals surface area contributed by atoms with Gasteiger partial charge in [0.05, 0.1) is 45.0 Å². The SMILES string of the molecule is C1=CN2C=CN3Cc4cccc1c4C23.CC(=O)C=C(C)O.CC(C)(C)C1=Cc2cccc3c2C2N(C3)c3ccccc3N12.CC(C)c1cccc(C(C)C)c1-n1cc[n+]2c1-c1cc3c(cc1C2)sc1ccccc13.Cc1cc2nc3c4[c-]cc(C(C)(C)C)nc4nc(C(C)(C)C)n3c2cc1C.[Ir]. The van der Waals surface area contributed by atoms with E-state index in [1.807, 2.05) is 17.4 Å². The van der Waals surface area contributed by atoms with Crippen LogP contribution in [0.3, 0.4) is 0 Å². The fraction of sp³-hybridized carbons (Fsp3) is 0.307. The molecule has 0 saturated heterocycles. The molecule has 0 fully saturated rings. The molecule has 14 heteroatoms. The van der Waals surface area contributed by atoms with Crippen LogP contribution < -0.4 is 14.4 Å². The third-order valence-electron chi connectivity index (χ3n) is 20.7. The van der Waals surface area contributed by atoms with Gasteiger partial charge < -0.3 is 34.1 Å². The van der Waals surface area contributed by atoms with Crippen molar-refractivity contribution in [1.82, 2.24) is 33.7 Å². The number of carbonyl (C=O) groups excluding carboxylic acids is 1. The van der Waals surface area contributed by atoms with Gasteiger partial charge in [-0.25, -0.2) is 4.57 Å². The van der Waals surface area contributed by atoms with Crippen molar-refractivity contribution in [2.24, 2.45) is 5.41 Å². The van der Waals surface area contributed by atoms with E-state index in [-0.39, 0.29) is 47.9 Å². The van der Waals surface area contributed by atoms with Crippen molar-refractivity contribution in [3.8, 4) is 17.1 Å². The second kappa shape index (κ2) is 26.1. The number of nitrogens with zero attached hydrogens (tertiary/aromatic N) is 10. The molecule has 1 N–H and O–H groups in total. The minimum absolute atomic E-state index is 0. The zero-order valence-corrected chi connectivity index (χ0v) is 65.0. The molecule has 7 aliphatic heterocycles. The van der Waals surface area contributed by atoms with Gasteiger partial charge in [0.15, 0.2) is 5.78 Å². The van der Waals surface area contributed by atoms with Crippen molar-refractivity contribution in [2.45, 2.75) is 172 Å². The van der Waals surface area contributed by atoms with Crippen LogP contribution in [0.15, 0.2) is 182 Å². The van der Waals surface area contributed by atoms with Crippen LogP contribution >= 0.6 is 11.3 Å². The number of carbonyl (C=O) groups is 1. The molecule has 521 valence electrons. The van der Waals surface area contributed by atoms with Gasteiger partial charge in [-0.15, -0.1) is 23.5 Å². The number of aromatic nitrogens is 6. The number of fused-ring (bicyclic) bond motifs is 14. The van der Waals surface area contributed by atoms with E-state index >= 15 is 0 Å². The number of pyridine rings is 1. The quantitative estimate of drug-likeness (QED) is 0.0799. The second-order valence-corrected chi connectivity index (χ2v) is 33.0. The van der Waals surface area contributed by atoms with Crippen LogP contribution in [0.5, 0.6) is 0 Å². The predicted octanol–water partition coefficient (Wildman–Crippen LogP) is 21.1. The maximum absolute atomic E-state index is 10.0. The Morgan fingerprint density at radius 3 is 2.02 bits per heavy atom. The van der Waals surface area contributed by atoms with Gasteiger partial charge in [-0.3, -0.25) is 14.8 Å². The van der Waals surface area contributed by atoms with Crippen LogP contribution in [0.2, 0.25) is 0 Å². The summed E-state index contributed by atoms with van der Waals surface area (Å²) in [5.74, 6) is 3.17. The molecule has 12 heterocycles. The molecule has 7 aromatic carbocycles. The van der Waals surface area contributed by atoms with Gasteiger partial charge >= 0.3 is 0 Å². The third-order valence-corrected chi connectivity index (χ3v) is 21.8. The second-order valence-electron chi connectivity index (χ2n) is 31.9. The molecule has 0 bridgehead atoms. The van der Waals surface area contributed by atoms with E-state index in [2.05, 4.69) is 314 Å². The maximum atomic E-state index is 10.0. The van der Waals surface area contributed by atoms with Crippen LogP contribution in [-0.4, -0.2) is 44.6 Å². The number of aryl methyl sites for hydroxylation is 2. The monoisotopic (exact) mass is 1550 g/mol. The number of hydrogen-bond donors (Lipinski definition) is 1. The molecule has 7 aliphatic rings. The Morgan fingerprint density at radius 1 is 0.676 bits per heavy atom. The molecule has 0 spiro atoms. The molecule has 0 aliphatic carbocycles. The number of para-hydroxylation sites is 3. The average molecular weight is 1550 g/mol. The van der Waals surface area contributed by atoms with Gasteiger partial charge in [0.1, 0.15) is 42.8 Å². The summed E-state index contributed by atoms with van der Waals surface area (Å²) in [6.45, 7) is 39.3. The van der Waals surface area contributed by atoms with Crippen LogP contribution in [0.1, 0.15) is 201 Å². The van der Waals surface area contributed by atoms with Gasteiger partial charge in [-0.2, -0.15) is 4.57 Å². The van der Waals surface area contributed by atoms with E-state index in [1.165, 1.54) is 135 Å². The number of allylic oxidation sites excluding steroid dienone is 3. The molecule has 2 unspecified atom stereocenters. The number of anilines is 2. The van der Waals surface area contributed by atoms with Crippen molar-refractivity contribution in [3.63, 3.8) is 0 Å². The smallest absolute Gasteiger partial charge is 0.294 e. The first kappa shape index (κ1) is 69.6. The molecule has 19 rings (SSSR count). The van der Waals surface area contributed by atoms with Gasteiger partial charge in [-0.1, -0.05) is 180 Å². The minimum Gasteiger partial charge on any atom is -0.512 e. The minimum atomic E-state index is -0.141. The Labute approximate surface area is 618 Å². The number of benzene rings is 7. The van der Waals surface area contributed by atoms with E-state index < -0.39 is 0 Å². The fourth-order valence-electron chi connectivity index (χ4n) is 15.7. The first-order valence-electron chi connectivity index (χ1n) is 35.7. The summed E-state index contributed by atoms with van der Waals surface area (Å²) < 4.78 is 9.83. The standard InChI is InChI=1S/C28H27N2S.C23H27N4.C20H20N2.C12H10N2.C5H8O2.Ir/c1-17(2)20-9-7-10-21(18(3)4)27(20)30-13-12-29-16-19-14-26-24(15-23(19)28(29)30)22-8-5-6-11-25(22)31-26;1-13-11-16-17(12-14(13)2)27-20(24-16)15-9-10-18(22(3,4)5)25-19(15)26-21(27)23(6,7)8;1-20(2,3)17-11-13-7-6-8-14-12-21-15-9-4-5-10-16(15)22(17)19(21)18(13)14;1-2-9-4-5-13-6-7-14-8-10(3-1)11(9)12(13)14;1-4(6)3-5(2)7;/h5-15,17-18H,16H2,1-4H3;10-12H,1-8H3;4-11,19H,12H2,1-3H3;1-7,12H,8H2;3,6H,1-2H3;/q+1;-1;;;;. The van der Waals surface area contributed by atoms with Gasteiger partial charge in [0.2, 0.25) is 0 Å². The van der Waals surface area contributed by atoms with Crippen molar-refractivity contribution in [1.29, 1.82) is 0 Å². The van der Waals surface area contributed by atoms with Crippen molar-refractivity contribution in [2.75, 3.05) is 9.80 Å². The summed E-state index contributed by atoms with van der Waals surface area (Å²) in [6, 6.07) is 52.4. The van der Waals surface area contributed by atoms with Crippen LogP contribution in [0.4, 0.5) is 11.4 Å². The Kier molecular flexibility index (Phi) is 17.8.